The summed E-state index contributed by atoms with van der Waals surface area (Å²) >= 11 is 0. The van der Waals surface area contributed by atoms with Gasteiger partial charge in [0, 0.05) is 0 Å². The number of rotatable bonds is 2. The van der Waals surface area contributed by atoms with Crippen molar-refractivity contribution in [3.63, 3.8) is 0 Å². The minimum absolute atomic E-state index is 0.0746. The van der Waals surface area contributed by atoms with E-state index in [1.165, 1.54) is 0 Å². The number of allylic oxidation sites excluding steroid dienone is 3. The molecule has 0 aliphatic rings. The summed E-state index contributed by atoms with van der Waals surface area (Å²) in [6, 6.07) is 0. The fourth-order valence-corrected chi connectivity index (χ4v) is 0.355. The molecule has 0 saturated heterocycles. The Hall–Kier alpha value is -0.990. The highest BCUT2D eigenvalue weighted by molar-refractivity contribution is 5.46. The lowest BCUT2D eigenvalue weighted by molar-refractivity contribution is 0.623. The molecule has 0 N–H and O–H groups in total. The molecule has 0 amide bonds. The summed E-state index contributed by atoms with van der Waals surface area (Å²) in [4.78, 5) is 2.77. The smallest absolute Gasteiger partial charge is 0.198 e. The highest BCUT2D eigenvalue weighted by Crippen LogP contribution is 2.03. The molecule has 3 heteroatoms. The molecule has 10 heavy (non-hydrogen) atoms. The molecule has 0 spiro atoms. The van der Waals surface area contributed by atoms with Crippen LogP contribution in [-0.2, 0) is 0 Å². The molecule has 0 saturated carbocycles. The Morgan fingerprint density at radius 2 is 2.10 bits per heavy atom. The van der Waals surface area contributed by atoms with Crippen LogP contribution in [0.15, 0.2) is 28.7 Å². The zero-order chi connectivity index (χ0) is 7.98. The van der Waals surface area contributed by atoms with Crippen molar-refractivity contribution < 1.29 is 8.78 Å². The van der Waals surface area contributed by atoms with Crippen molar-refractivity contribution in [2.24, 2.45) is 4.99 Å². The third-order valence-corrected chi connectivity index (χ3v) is 0.974. The molecule has 0 unspecified atom stereocenters. The monoisotopic (exact) mass is 145 g/mol. The summed E-state index contributed by atoms with van der Waals surface area (Å²) in [5.41, 5.74) is 0.711. The first-order chi connectivity index (χ1) is 4.70. The summed E-state index contributed by atoms with van der Waals surface area (Å²) in [7, 11) is 0. The standard InChI is InChI=1S/C7H9F2N/c1-3-6(2)4-7(9)10-5-8/h3-5H,1-2H3/b6-3-,7-4-,10-5+. The van der Waals surface area contributed by atoms with E-state index in [0.29, 0.717) is 5.57 Å². The molecule has 0 fully saturated rings. The van der Waals surface area contributed by atoms with Crippen LogP contribution in [-0.4, -0.2) is 6.47 Å². The predicted octanol–water partition coefficient (Wildman–Crippen LogP) is 2.76. The van der Waals surface area contributed by atoms with Crippen molar-refractivity contribution in [1.29, 1.82) is 0 Å². The molecular formula is C7H9F2N. The normalized spacial score (nSPS) is 14.8. The van der Waals surface area contributed by atoms with Crippen LogP contribution in [0.5, 0.6) is 0 Å². The van der Waals surface area contributed by atoms with Gasteiger partial charge in [-0.25, -0.2) is 0 Å². The summed E-state index contributed by atoms with van der Waals surface area (Å²) in [6.45, 7) is 3.39. The van der Waals surface area contributed by atoms with Gasteiger partial charge in [0.2, 0.25) is 5.95 Å². The van der Waals surface area contributed by atoms with Gasteiger partial charge >= 0.3 is 0 Å². The minimum atomic E-state index is -0.821. The zero-order valence-electron chi connectivity index (χ0n) is 5.94. The molecule has 0 aromatic carbocycles. The van der Waals surface area contributed by atoms with E-state index in [1.807, 2.05) is 0 Å². The molecule has 0 atom stereocenters. The van der Waals surface area contributed by atoms with Crippen molar-refractivity contribution >= 4 is 6.47 Å². The SMILES string of the molecule is C\C=C(C)/C=C(F)\N=C\F. The minimum Gasteiger partial charge on any atom is -0.198 e. The van der Waals surface area contributed by atoms with E-state index >= 15 is 0 Å². The fraction of sp³-hybridized carbons (Fsp3) is 0.286. The Kier molecular flexibility index (Phi) is 4.37. The van der Waals surface area contributed by atoms with Crippen LogP contribution in [0.25, 0.3) is 0 Å². The van der Waals surface area contributed by atoms with Gasteiger partial charge in [-0.1, -0.05) is 11.6 Å². The van der Waals surface area contributed by atoms with Gasteiger partial charge in [0.1, 0.15) is 0 Å². The molecule has 0 bridgehead atoms. The number of hydrogen-bond acceptors (Lipinski definition) is 1. The lowest BCUT2D eigenvalue weighted by Crippen LogP contribution is -1.70. The van der Waals surface area contributed by atoms with Crippen molar-refractivity contribution in [1.82, 2.24) is 0 Å². The highest BCUT2D eigenvalue weighted by atomic mass is 19.1. The fourth-order valence-electron chi connectivity index (χ4n) is 0.355. The Labute approximate surface area is 58.8 Å². The molecule has 0 aliphatic heterocycles. The van der Waals surface area contributed by atoms with Crippen molar-refractivity contribution in [3.05, 3.63) is 23.7 Å². The van der Waals surface area contributed by atoms with Crippen molar-refractivity contribution in [2.75, 3.05) is 0 Å². The Morgan fingerprint density at radius 3 is 2.50 bits per heavy atom. The van der Waals surface area contributed by atoms with E-state index in [0.717, 1.165) is 6.08 Å². The maximum Gasteiger partial charge on any atom is 0.215 e. The van der Waals surface area contributed by atoms with Crippen LogP contribution in [0.4, 0.5) is 8.78 Å². The van der Waals surface area contributed by atoms with E-state index in [-0.39, 0.29) is 6.47 Å². The van der Waals surface area contributed by atoms with Crippen LogP contribution in [0.1, 0.15) is 13.8 Å². The summed E-state index contributed by atoms with van der Waals surface area (Å²) in [5.74, 6) is -0.821. The van der Waals surface area contributed by atoms with E-state index in [9.17, 15) is 8.78 Å². The predicted molar refractivity (Wildman–Crippen MR) is 38.2 cm³/mol. The van der Waals surface area contributed by atoms with Crippen LogP contribution < -0.4 is 0 Å². The second-order valence-corrected chi connectivity index (χ2v) is 1.73. The first kappa shape index (κ1) is 9.01. The van der Waals surface area contributed by atoms with Crippen LogP contribution >= 0.6 is 0 Å². The van der Waals surface area contributed by atoms with Gasteiger partial charge in [0.15, 0.2) is 6.47 Å². The number of halogens is 2. The largest absolute Gasteiger partial charge is 0.215 e. The lowest BCUT2D eigenvalue weighted by Gasteiger charge is -1.86. The molecular weight excluding hydrogens is 136 g/mol. The van der Waals surface area contributed by atoms with E-state index in [1.54, 1.807) is 19.9 Å². The van der Waals surface area contributed by atoms with Gasteiger partial charge in [-0.3, -0.25) is 0 Å². The van der Waals surface area contributed by atoms with Gasteiger partial charge in [-0.05, 0) is 19.9 Å². The van der Waals surface area contributed by atoms with Gasteiger partial charge in [0.25, 0.3) is 0 Å². The summed E-state index contributed by atoms with van der Waals surface area (Å²) < 4.78 is 23.4. The van der Waals surface area contributed by atoms with E-state index in [4.69, 9.17) is 0 Å². The highest BCUT2D eigenvalue weighted by Gasteiger charge is 1.87. The van der Waals surface area contributed by atoms with Gasteiger partial charge in [0.05, 0.1) is 0 Å². The molecule has 0 aliphatic carbocycles. The average Bonchev–Trinajstić information content (AvgIpc) is 1.88. The summed E-state index contributed by atoms with van der Waals surface area (Å²) in [6.07, 6.45) is 2.85. The van der Waals surface area contributed by atoms with Crippen molar-refractivity contribution in [3.8, 4) is 0 Å². The van der Waals surface area contributed by atoms with Crippen LogP contribution in [0.2, 0.25) is 0 Å². The first-order valence-corrected chi connectivity index (χ1v) is 2.83. The second kappa shape index (κ2) is 4.85. The molecule has 1 nitrogen and oxygen atoms in total. The second-order valence-electron chi connectivity index (χ2n) is 1.73. The van der Waals surface area contributed by atoms with Gasteiger partial charge in [-0.15, -0.1) is 0 Å². The molecule has 56 valence electrons. The number of nitrogens with zero attached hydrogens (tertiary/aromatic N) is 1. The maximum atomic E-state index is 12.2. The molecule has 0 heterocycles. The van der Waals surface area contributed by atoms with Crippen LogP contribution in [0.3, 0.4) is 0 Å². The summed E-state index contributed by atoms with van der Waals surface area (Å²) in [5, 5.41) is 0. The Bertz CT molecular complexity index is 180. The molecule has 0 aromatic rings. The molecule has 0 aromatic heterocycles. The topological polar surface area (TPSA) is 12.4 Å². The zero-order valence-corrected chi connectivity index (χ0v) is 5.94. The Morgan fingerprint density at radius 1 is 1.50 bits per heavy atom. The van der Waals surface area contributed by atoms with Gasteiger partial charge < -0.3 is 0 Å². The third-order valence-electron chi connectivity index (χ3n) is 0.974. The first-order valence-electron chi connectivity index (χ1n) is 2.83. The van der Waals surface area contributed by atoms with Crippen LogP contribution in [0, 0.1) is 0 Å². The quantitative estimate of drug-likeness (QED) is 0.322. The number of aliphatic imine (C=N–C) groups is 1. The lowest BCUT2D eigenvalue weighted by atomic mass is 10.3. The van der Waals surface area contributed by atoms with E-state index in [2.05, 4.69) is 4.99 Å². The average molecular weight is 145 g/mol. The number of hydrogen-bond donors (Lipinski definition) is 0. The molecule has 0 rings (SSSR count). The maximum absolute atomic E-state index is 12.2. The third kappa shape index (κ3) is 3.95. The van der Waals surface area contributed by atoms with Crippen molar-refractivity contribution in [2.45, 2.75) is 13.8 Å². The molecule has 0 radical (unpaired) electrons. The van der Waals surface area contributed by atoms with E-state index < -0.39 is 5.95 Å². The Balaban J connectivity index is 4.16. The van der Waals surface area contributed by atoms with Gasteiger partial charge in [-0.2, -0.15) is 13.8 Å².